The first-order chi connectivity index (χ1) is 59.3. The number of furan rings is 1. The number of aryl methyl sites for hydroxylation is 2. The highest BCUT2D eigenvalue weighted by molar-refractivity contribution is 7.94. The zero-order valence-corrected chi connectivity index (χ0v) is 72.3. The molecular weight excluding hydrogens is 1680 g/mol. The van der Waals surface area contributed by atoms with Gasteiger partial charge in [-0.25, -0.2) is 60.1 Å². The van der Waals surface area contributed by atoms with E-state index in [0.717, 1.165) is 56.6 Å². The molecule has 0 spiro atoms. The van der Waals surface area contributed by atoms with E-state index in [1.807, 2.05) is 38.1 Å². The van der Waals surface area contributed by atoms with E-state index in [1.165, 1.54) is 127 Å². The van der Waals surface area contributed by atoms with Crippen LogP contribution in [0.1, 0.15) is 134 Å². The van der Waals surface area contributed by atoms with Crippen LogP contribution in [0.15, 0.2) is 258 Å². The van der Waals surface area contributed by atoms with Gasteiger partial charge >= 0.3 is 11.4 Å². The number of fused-ring (bicyclic) bond motifs is 2. The zero-order valence-electron chi connectivity index (χ0n) is 68.4. The van der Waals surface area contributed by atoms with Crippen LogP contribution in [0.3, 0.4) is 0 Å². The molecule has 3 unspecified atom stereocenters. The maximum absolute atomic E-state index is 15.2. The molecule has 0 saturated heterocycles. The Bertz CT molecular complexity index is 6150. The molecule has 5 heterocycles. The summed E-state index contributed by atoms with van der Waals surface area (Å²) in [6.07, 6.45) is 14.6. The summed E-state index contributed by atoms with van der Waals surface area (Å²) in [6, 6.07) is 49.6. The maximum atomic E-state index is 15.2. The lowest BCUT2D eigenvalue weighted by Gasteiger charge is -2.33. The molecular formula is C87H94Cl2N16O15S3. The lowest BCUT2D eigenvalue weighted by atomic mass is 10.1. The molecule has 3 atom stereocenters. The Balaban J connectivity index is 0.000000238. The van der Waals surface area contributed by atoms with Gasteiger partial charge in [-0.1, -0.05) is 217 Å². The summed E-state index contributed by atoms with van der Waals surface area (Å²) in [5.74, 6) is -3.36. The van der Waals surface area contributed by atoms with Gasteiger partial charge in [0.15, 0.2) is 41.5 Å². The fourth-order valence-electron chi connectivity index (χ4n) is 13.9. The highest BCUT2D eigenvalue weighted by Gasteiger charge is 2.47. The van der Waals surface area contributed by atoms with Gasteiger partial charge in [0, 0.05) is 25.2 Å². The van der Waals surface area contributed by atoms with Crippen molar-refractivity contribution in [3.05, 3.63) is 267 Å². The minimum absolute atomic E-state index is 0.000156. The topological polar surface area (TPSA) is 377 Å². The predicted molar refractivity (Wildman–Crippen MR) is 472 cm³/mol. The highest BCUT2D eigenvalue weighted by atomic mass is 35.5. The number of nitrogens with zero attached hydrogens (tertiary/aromatic N) is 11. The number of amidine groups is 2. The van der Waals surface area contributed by atoms with Gasteiger partial charge in [0.2, 0.25) is 21.8 Å². The normalized spacial score (nSPS) is 14.0. The van der Waals surface area contributed by atoms with Gasteiger partial charge < -0.3 is 35.2 Å². The number of rotatable bonds is 37. The quantitative estimate of drug-likeness (QED) is 0.0178. The molecule has 36 heteroatoms. The van der Waals surface area contributed by atoms with Crippen molar-refractivity contribution in [3.8, 4) is 17.2 Å². The van der Waals surface area contributed by atoms with E-state index in [2.05, 4.69) is 53.7 Å². The van der Waals surface area contributed by atoms with Crippen LogP contribution in [-0.4, -0.2) is 124 Å². The second-order valence-corrected chi connectivity index (χ2v) is 35.0. The molecule has 123 heavy (non-hydrogen) atoms. The Morgan fingerprint density at radius 1 is 0.585 bits per heavy atom. The number of carbonyl (C=O) groups is 4. The van der Waals surface area contributed by atoms with Gasteiger partial charge in [-0.05, 0) is 135 Å². The standard InChI is InChI=1S/C54H57ClN8O8S.C33H37ClN8O7S2/c1-2-3-4-5-6-7-8-9-10-20-31-48(64)57-44-29-21-22-30-46(44)71-38-56-40-32-33-43(55)45(36-40)58-51(65)49(50-59-52-47(34-35-70-52)72(68,69)63(50)42-27-18-13-19-28-42)61-53(66)60(37-39-23-14-11-15-24-39)62(54(61)67)41-25-16-12-17-26-41;1-6-27(49-28-16-13-21(4)17-22(28)5)32(43)39-42-31(37-25-11-9-10-12-29(25)51(42,47)48)30(41-20-35-19-36-41)33(44)38-26-18-23(14-15-24(26)34)50(45,46)40(7-2)8-3/h11-19,21-30,32-36,49,56H,2-10,20,31,37-38H2,1H3,(H,57,64)(H,58,65);9-20,27,30H,6-8H2,1-5H3,(H,38,44)(H,39,43). The molecule has 31 nitrogen and oxygen atoms in total. The minimum atomic E-state index is -4.58. The number of nitrogens with one attached hydrogen (secondary N) is 5. The zero-order chi connectivity index (χ0) is 87.5. The molecule has 0 bridgehead atoms. The van der Waals surface area contributed by atoms with E-state index in [-0.39, 0.29) is 92.1 Å². The molecule has 3 aromatic heterocycles. The van der Waals surface area contributed by atoms with Crippen LogP contribution in [-0.2, 0) is 55.8 Å². The number of aromatic nitrogens is 6. The summed E-state index contributed by atoms with van der Waals surface area (Å²) >= 11 is 13.2. The van der Waals surface area contributed by atoms with Crippen molar-refractivity contribution in [1.82, 2.24) is 42.8 Å². The van der Waals surface area contributed by atoms with E-state index in [0.29, 0.717) is 49.5 Å². The molecule has 5 N–H and O–H groups in total. The number of benzene rings is 8. The van der Waals surface area contributed by atoms with Gasteiger partial charge in [0.1, 0.15) is 29.0 Å². The van der Waals surface area contributed by atoms with Crippen LogP contribution in [0, 0.1) is 13.8 Å². The van der Waals surface area contributed by atoms with Crippen molar-refractivity contribution in [3.63, 3.8) is 0 Å². The van der Waals surface area contributed by atoms with Crippen LogP contribution in [0.4, 0.5) is 40.0 Å². The number of ether oxygens (including phenoxy) is 2. The van der Waals surface area contributed by atoms with Crippen molar-refractivity contribution >= 4 is 129 Å². The van der Waals surface area contributed by atoms with Crippen LogP contribution in [0.2, 0.25) is 10.0 Å². The van der Waals surface area contributed by atoms with Crippen LogP contribution in [0.5, 0.6) is 11.5 Å². The molecule has 2 aliphatic rings. The number of hydrogen-bond acceptors (Lipinski definition) is 20. The van der Waals surface area contributed by atoms with Gasteiger partial charge in [-0.2, -0.15) is 31.9 Å². The number of amides is 4. The molecule has 2 aliphatic heterocycles. The van der Waals surface area contributed by atoms with Gasteiger partial charge in [-0.15, -0.1) is 0 Å². The lowest BCUT2D eigenvalue weighted by Crippen LogP contribution is -2.57. The summed E-state index contributed by atoms with van der Waals surface area (Å²) in [5.41, 5.74) is 4.25. The Labute approximate surface area is 722 Å². The van der Waals surface area contributed by atoms with E-state index in [9.17, 15) is 44.4 Å². The fourth-order valence-corrected chi connectivity index (χ4v) is 18.7. The monoisotopic (exact) mass is 1770 g/mol. The number of unbranched alkanes of at least 4 members (excludes halogenated alkanes) is 9. The van der Waals surface area contributed by atoms with E-state index < -0.39 is 89.0 Å². The van der Waals surface area contributed by atoms with E-state index in [1.54, 1.807) is 130 Å². The van der Waals surface area contributed by atoms with Crippen LogP contribution in [0.25, 0.3) is 5.69 Å². The molecule has 13 rings (SSSR count). The average molecular weight is 1770 g/mol. The largest absolute Gasteiger partial charge is 0.480 e. The summed E-state index contributed by atoms with van der Waals surface area (Å²) in [7, 11) is -13.1. The Morgan fingerprint density at radius 2 is 1.20 bits per heavy atom. The number of aliphatic imine (C=N–C) groups is 2. The van der Waals surface area contributed by atoms with Crippen molar-refractivity contribution in [2.45, 2.75) is 158 Å². The van der Waals surface area contributed by atoms with Crippen LogP contribution < -0.4 is 51.9 Å². The Kier molecular flexibility index (Phi) is 29.9. The third-order valence-corrected chi connectivity index (χ3v) is 26.3. The first-order valence-electron chi connectivity index (χ1n) is 40.2. The number of carbonyl (C=O) groups excluding carboxylic acids is 4. The van der Waals surface area contributed by atoms with Crippen LogP contribution >= 0.6 is 23.2 Å². The number of anilines is 5. The summed E-state index contributed by atoms with van der Waals surface area (Å²) in [6.45, 7) is 11.3. The molecule has 0 fully saturated rings. The first kappa shape index (κ1) is 89.8. The van der Waals surface area contributed by atoms with Crippen molar-refractivity contribution in [1.29, 1.82) is 0 Å². The molecule has 0 radical (unpaired) electrons. The number of hydrogen-bond donors (Lipinski definition) is 5. The molecule has 0 aliphatic carbocycles. The fraction of sp³-hybridized carbons (Fsp3) is 0.287. The second-order valence-electron chi connectivity index (χ2n) is 28.8. The third-order valence-electron chi connectivity index (χ3n) is 20.2. The molecule has 4 amide bonds. The number of hydrazine groups is 1. The minimum Gasteiger partial charge on any atom is -0.480 e. The van der Waals surface area contributed by atoms with Gasteiger partial charge in [0.05, 0.1) is 61.9 Å². The first-order valence-corrected chi connectivity index (χ1v) is 45.2. The molecule has 11 aromatic rings. The number of sulfonamides is 3. The second kappa shape index (κ2) is 40.9. The number of halogens is 2. The lowest BCUT2D eigenvalue weighted by molar-refractivity contribution is -0.130. The predicted octanol–water partition coefficient (Wildman–Crippen LogP) is 15.3. The van der Waals surface area contributed by atoms with E-state index in [4.69, 9.17) is 37.1 Å². The van der Waals surface area contributed by atoms with Crippen molar-refractivity contribution < 1.29 is 58.3 Å². The Hall–Kier alpha value is -12.5. The molecule has 0 saturated carbocycles. The maximum Gasteiger partial charge on any atom is 0.353 e. The smallest absolute Gasteiger partial charge is 0.353 e. The van der Waals surface area contributed by atoms with Crippen molar-refractivity contribution in [2.75, 3.05) is 45.4 Å². The highest BCUT2D eigenvalue weighted by Crippen LogP contribution is 2.41. The van der Waals surface area contributed by atoms with Gasteiger partial charge in [-0.3, -0.25) is 19.2 Å². The Morgan fingerprint density at radius 3 is 1.86 bits per heavy atom. The SMILES string of the molecule is CCC(Oc1ccc(C)cc1C)C(=O)NN1C(C(C(=O)Nc2cc(S(=O)(=O)N(CC)CC)ccc2Cl)n2cncn2)=Nc2ccccc2S1(=O)=O.CCCCCCCCCCCCC(=O)Nc1ccccc1OCNc1ccc(Cl)c(NC(=O)C(C2=Nc3occc3S(=O)(=O)N2c2ccccc2)n2c(=O)n(Cc3ccccc3)n(-c3ccccc3)c2=O)c1. The molecule has 644 valence electrons. The van der Waals surface area contributed by atoms with E-state index >= 15 is 9.59 Å². The summed E-state index contributed by atoms with van der Waals surface area (Å²) in [5, 5.41) is 15.7. The van der Waals surface area contributed by atoms with Crippen molar-refractivity contribution in [2.24, 2.45) is 9.98 Å². The summed E-state index contributed by atoms with van der Waals surface area (Å²) in [4.78, 5) is 98.6. The van der Waals surface area contributed by atoms with Gasteiger partial charge in [0.25, 0.3) is 37.8 Å². The average Bonchev–Trinajstić information content (AvgIpc) is 1.62. The molecule has 8 aromatic carbocycles. The third kappa shape index (κ3) is 21.0. The summed E-state index contributed by atoms with van der Waals surface area (Å²) < 4.78 is 108. The number of para-hydroxylation sites is 5.